The fraction of sp³-hybridized carbons (Fsp3) is 0.652. The van der Waals surface area contributed by atoms with Gasteiger partial charge in [0, 0.05) is 25.7 Å². The predicted molar refractivity (Wildman–Crippen MR) is 108 cm³/mol. The Hall–Kier alpha value is -2.08. The Morgan fingerprint density at radius 2 is 2.00 bits per heavy atom. The summed E-state index contributed by atoms with van der Waals surface area (Å²) in [6, 6.07) is 5.79. The lowest BCUT2D eigenvalue weighted by Gasteiger charge is -2.57. The van der Waals surface area contributed by atoms with E-state index in [9.17, 15) is 14.7 Å². The standard InChI is InChI=1S/C23H31NO5/c1-13(25)24-20-12-21(29-14(2)26)22(3)10-9-18-17-7-6-16(28-4)11-15(17)5-8-19(18)23(20,22)27/h6-7,11,18-21,27H,5,8-10,12H2,1-4H3,(H,24,25)/t18-,19-,20?,21?,22-,23+/m1/s1. The Bertz CT molecular complexity index is 839. The molecule has 2 saturated carbocycles. The van der Waals surface area contributed by atoms with Crippen molar-refractivity contribution in [3.63, 3.8) is 0 Å². The highest BCUT2D eigenvalue weighted by Crippen LogP contribution is 2.63. The number of esters is 1. The molecule has 1 aromatic carbocycles. The monoisotopic (exact) mass is 401 g/mol. The maximum Gasteiger partial charge on any atom is 0.302 e. The van der Waals surface area contributed by atoms with E-state index in [2.05, 4.69) is 17.4 Å². The van der Waals surface area contributed by atoms with Crippen LogP contribution < -0.4 is 10.1 Å². The minimum atomic E-state index is -1.13. The molecule has 1 aromatic rings. The second kappa shape index (κ2) is 7.01. The summed E-state index contributed by atoms with van der Waals surface area (Å²) >= 11 is 0. The molecule has 0 spiro atoms. The van der Waals surface area contributed by atoms with Gasteiger partial charge in [0.1, 0.15) is 11.9 Å². The summed E-state index contributed by atoms with van der Waals surface area (Å²) in [6.07, 6.45) is 3.40. The summed E-state index contributed by atoms with van der Waals surface area (Å²) in [6.45, 7) is 4.91. The fourth-order valence-electron chi connectivity index (χ4n) is 6.50. The molecule has 3 aliphatic carbocycles. The molecular weight excluding hydrogens is 370 g/mol. The highest BCUT2D eigenvalue weighted by molar-refractivity contribution is 5.73. The molecule has 0 aromatic heterocycles. The van der Waals surface area contributed by atoms with Gasteiger partial charge in [0.05, 0.1) is 18.8 Å². The Balaban J connectivity index is 1.75. The van der Waals surface area contributed by atoms with Gasteiger partial charge in [-0.15, -0.1) is 0 Å². The number of hydrogen-bond donors (Lipinski definition) is 2. The SMILES string of the molecule is COc1ccc2c(c1)CC[C@@H]1[C@@H]2CC[C@]2(C)C(OC(C)=O)CC(NC(C)=O)[C@@]12O. The van der Waals surface area contributed by atoms with Crippen LogP contribution in [0, 0.1) is 11.3 Å². The zero-order chi connectivity index (χ0) is 21.0. The van der Waals surface area contributed by atoms with Crippen LogP contribution in [0.4, 0.5) is 0 Å². The molecule has 6 heteroatoms. The van der Waals surface area contributed by atoms with E-state index < -0.39 is 23.2 Å². The van der Waals surface area contributed by atoms with Gasteiger partial charge in [-0.05, 0) is 60.8 Å². The Kier molecular flexibility index (Phi) is 4.88. The second-order valence-electron chi connectivity index (χ2n) is 9.18. The largest absolute Gasteiger partial charge is 0.497 e. The van der Waals surface area contributed by atoms with Crippen LogP contribution in [0.25, 0.3) is 0 Å². The van der Waals surface area contributed by atoms with Crippen LogP contribution in [0.5, 0.6) is 5.75 Å². The third kappa shape index (κ3) is 2.95. The van der Waals surface area contributed by atoms with Crippen LogP contribution in [0.1, 0.15) is 63.5 Å². The molecule has 4 rings (SSSR count). The summed E-state index contributed by atoms with van der Waals surface area (Å²) in [5.74, 6) is 0.561. The Morgan fingerprint density at radius 3 is 2.66 bits per heavy atom. The first-order valence-corrected chi connectivity index (χ1v) is 10.5. The molecule has 0 saturated heterocycles. The van der Waals surface area contributed by atoms with Crippen molar-refractivity contribution in [3.05, 3.63) is 29.3 Å². The highest BCUT2D eigenvalue weighted by atomic mass is 16.5. The van der Waals surface area contributed by atoms with E-state index in [0.29, 0.717) is 6.42 Å². The van der Waals surface area contributed by atoms with Crippen molar-refractivity contribution in [2.24, 2.45) is 11.3 Å². The molecule has 6 nitrogen and oxygen atoms in total. The van der Waals surface area contributed by atoms with Crippen LogP contribution in [0.15, 0.2) is 18.2 Å². The van der Waals surface area contributed by atoms with E-state index in [1.54, 1.807) is 7.11 Å². The number of nitrogens with one attached hydrogen (secondary N) is 1. The van der Waals surface area contributed by atoms with Gasteiger partial charge < -0.3 is 19.9 Å². The van der Waals surface area contributed by atoms with Crippen molar-refractivity contribution in [1.29, 1.82) is 0 Å². The molecule has 29 heavy (non-hydrogen) atoms. The average molecular weight is 402 g/mol. The molecule has 0 aliphatic heterocycles. The quantitative estimate of drug-likeness (QED) is 0.761. The van der Waals surface area contributed by atoms with Gasteiger partial charge >= 0.3 is 5.97 Å². The molecule has 6 atom stereocenters. The van der Waals surface area contributed by atoms with Crippen LogP contribution in [-0.4, -0.2) is 41.8 Å². The number of benzene rings is 1. The summed E-state index contributed by atoms with van der Waals surface area (Å²) in [7, 11) is 1.67. The number of aryl methyl sites for hydroxylation is 1. The number of aliphatic hydroxyl groups is 1. The lowest BCUT2D eigenvalue weighted by atomic mass is 9.52. The third-order valence-electron chi connectivity index (χ3n) is 7.79. The minimum absolute atomic E-state index is 0.000414. The van der Waals surface area contributed by atoms with Crippen LogP contribution in [-0.2, 0) is 20.7 Å². The Morgan fingerprint density at radius 1 is 1.24 bits per heavy atom. The molecule has 3 aliphatic rings. The minimum Gasteiger partial charge on any atom is -0.497 e. The molecule has 2 N–H and O–H groups in total. The van der Waals surface area contributed by atoms with Gasteiger partial charge in [-0.3, -0.25) is 9.59 Å². The zero-order valence-electron chi connectivity index (χ0n) is 17.7. The van der Waals surface area contributed by atoms with E-state index >= 15 is 0 Å². The fourth-order valence-corrected chi connectivity index (χ4v) is 6.50. The van der Waals surface area contributed by atoms with Crippen molar-refractivity contribution in [3.8, 4) is 5.75 Å². The maximum atomic E-state index is 12.3. The third-order valence-corrected chi connectivity index (χ3v) is 7.79. The molecule has 1 amide bonds. The molecule has 158 valence electrons. The van der Waals surface area contributed by atoms with Crippen molar-refractivity contribution >= 4 is 11.9 Å². The first-order chi connectivity index (χ1) is 13.7. The lowest BCUT2D eigenvalue weighted by Crippen LogP contribution is -2.65. The summed E-state index contributed by atoms with van der Waals surface area (Å²) < 4.78 is 11.1. The zero-order valence-corrected chi connectivity index (χ0v) is 17.7. The van der Waals surface area contributed by atoms with Gasteiger partial charge in [0.2, 0.25) is 5.91 Å². The molecule has 0 heterocycles. The van der Waals surface area contributed by atoms with Gasteiger partial charge in [-0.1, -0.05) is 13.0 Å². The van der Waals surface area contributed by atoms with Crippen LogP contribution in [0.3, 0.4) is 0 Å². The van der Waals surface area contributed by atoms with Crippen molar-refractivity contribution in [2.75, 3.05) is 7.11 Å². The maximum absolute atomic E-state index is 12.3. The molecule has 0 radical (unpaired) electrons. The van der Waals surface area contributed by atoms with Gasteiger partial charge in [-0.2, -0.15) is 0 Å². The first kappa shape index (κ1) is 20.2. The van der Waals surface area contributed by atoms with Crippen molar-refractivity contribution in [2.45, 2.75) is 76.5 Å². The van der Waals surface area contributed by atoms with Crippen molar-refractivity contribution in [1.82, 2.24) is 5.32 Å². The number of methoxy groups -OCH3 is 1. The number of rotatable bonds is 3. The number of hydrogen-bond acceptors (Lipinski definition) is 5. The topological polar surface area (TPSA) is 84.9 Å². The molecule has 2 unspecified atom stereocenters. The second-order valence-corrected chi connectivity index (χ2v) is 9.18. The van der Waals surface area contributed by atoms with E-state index in [0.717, 1.165) is 31.4 Å². The summed E-state index contributed by atoms with van der Waals surface area (Å²) in [5, 5.41) is 15.2. The van der Waals surface area contributed by atoms with Crippen LogP contribution in [0.2, 0.25) is 0 Å². The number of ether oxygens (including phenoxy) is 2. The Labute approximate surface area is 172 Å². The van der Waals surface area contributed by atoms with E-state index in [1.165, 1.54) is 25.0 Å². The van der Waals surface area contributed by atoms with E-state index in [-0.39, 0.29) is 23.7 Å². The van der Waals surface area contributed by atoms with E-state index in [1.807, 2.05) is 13.0 Å². The predicted octanol–water partition coefficient (Wildman–Crippen LogP) is 2.71. The summed E-state index contributed by atoms with van der Waals surface area (Å²) in [5.41, 5.74) is 0.842. The number of carbonyl (C=O) groups excluding carboxylic acids is 2. The van der Waals surface area contributed by atoms with Crippen LogP contribution >= 0.6 is 0 Å². The number of fused-ring (bicyclic) bond motifs is 5. The first-order valence-electron chi connectivity index (χ1n) is 10.5. The number of amides is 1. The molecular formula is C23H31NO5. The lowest BCUT2D eigenvalue weighted by molar-refractivity contribution is -0.187. The normalized spacial score (nSPS) is 37.7. The van der Waals surface area contributed by atoms with Gasteiger partial charge in [0.15, 0.2) is 0 Å². The molecule has 0 bridgehead atoms. The summed E-state index contributed by atoms with van der Waals surface area (Å²) in [4.78, 5) is 23.7. The number of carbonyl (C=O) groups is 2. The average Bonchev–Trinajstić information content (AvgIpc) is 2.88. The van der Waals surface area contributed by atoms with Gasteiger partial charge in [0.25, 0.3) is 0 Å². The smallest absolute Gasteiger partial charge is 0.302 e. The molecule has 2 fully saturated rings. The van der Waals surface area contributed by atoms with Gasteiger partial charge in [-0.25, -0.2) is 0 Å². The van der Waals surface area contributed by atoms with Crippen molar-refractivity contribution < 1.29 is 24.2 Å². The van der Waals surface area contributed by atoms with E-state index in [4.69, 9.17) is 9.47 Å². The highest BCUT2D eigenvalue weighted by Gasteiger charge is 2.69.